The fourth-order valence-electron chi connectivity index (χ4n) is 1.95. The molecule has 0 aromatic carbocycles. The van der Waals surface area contributed by atoms with Gasteiger partial charge in [0.2, 0.25) is 0 Å². The number of nitrogens with zero attached hydrogens (tertiary/aromatic N) is 3. The standard InChI is InChI=1S/C12H16ClN3/c1-5-7(2)9-6-14-12-10(11(9)13)8(3)15-16(12)4/h6-7H,5H2,1-4H3. The maximum Gasteiger partial charge on any atom is 0.159 e. The van der Waals surface area contributed by atoms with Crippen molar-refractivity contribution in [3.8, 4) is 0 Å². The van der Waals surface area contributed by atoms with Crippen molar-refractivity contribution in [3.05, 3.63) is 22.5 Å². The Morgan fingerprint density at radius 3 is 2.81 bits per heavy atom. The number of hydrogen-bond acceptors (Lipinski definition) is 2. The van der Waals surface area contributed by atoms with Crippen LogP contribution >= 0.6 is 11.6 Å². The second-order valence-electron chi connectivity index (χ2n) is 4.24. The van der Waals surface area contributed by atoms with Crippen molar-refractivity contribution in [2.75, 3.05) is 0 Å². The molecule has 2 rings (SSSR count). The van der Waals surface area contributed by atoms with Crippen molar-refractivity contribution >= 4 is 22.6 Å². The maximum absolute atomic E-state index is 6.44. The normalized spacial score (nSPS) is 13.3. The van der Waals surface area contributed by atoms with Crippen molar-refractivity contribution in [3.63, 3.8) is 0 Å². The lowest BCUT2D eigenvalue weighted by Crippen LogP contribution is -1.97. The third-order valence-electron chi connectivity index (χ3n) is 3.13. The molecule has 2 aromatic rings. The zero-order chi connectivity index (χ0) is 11.9. The molecule has 86 valence electrons. The van der Waals surface area contributed by atoms with E-state index in [1.165, 1.54) is 0 Å². The monoisotopic (exact) mass is 237 g/mol. The number of pyridine rings is 1. The Labute approximate surface area is 100 Å². The van der Waals surface area contributed by atoms with Crippen molar-refractivity contribution < 1.29 is 0 Å². The van der Waals surface area contributed by atoms with E-state index in [4.69, 9.17) is 11.6 Å². The first-order chi connectivity index (χ1) is 7.56. The summed E-state index contributed by atoms with van der Waals surface area (Å²) in [5.41, 5.74) is 2.92. The zero-order valence-electron chi connectivity index (χ0n) is 10.1. The Morgan fingerprint density at radius 2 is 2.19 bits per heavy atom. The van der Waals surface area contributed by atoms with Gasteiger partial charge in [0.25, 0.3) is 0 Å². The highest BCUT2D eigenvalue weighted by Crippen LogP contribution is 2.33. The fourth-order valence-corrected chi connectivity index (χ4v) is 2.40. The Morgan fingerprint density at radius 1 is 1.50 bits per heavy atom. The van der Waals surface area contributed by atoms with E-state index in [2.05, 4.69) is 23.9 Å². The summed E-state index contributed by atoms with van der Waals surface area (Å²) in [5.74, 6) is 0.434. The van der Waals surface area contributed by atoms with E-state index in [0.29, 0.717) is 5.92 Å². The molecule has 0 amide bonds. The van der Waals surface area contributed by atoms with Crippen LogP contribution in [0.4, 0.5) is 0 Å². The van der Waals surface area contributed by atoms with E-state index >= 15 is 0 Å². The van der Waals surface area contributed by atoms with Gasteiger partial charge in [-0.25, -0.2) is 4.98 Å². The van der Waals surface area contributed by atoms with Crippen molar-refractivity contribution in [2.45, 2.75) is 33.1 Å². The summed E-state index contributed by atoms with van der Waals surface area (Å²) in [4.78, 5) is 4.45. The third kappa shape index (κ3) is 1.59. The van der Waals surface area contributed by atoms with Crippen LogP contribution in [0.3, 0.4) is 0 Å². The van der Waals surface area contributed by atoms with Crippen LogP contribution in [0, 0.1) is 6.92 Å². The Kier molecular flexibility index (Phi) is 2.89. The molecule has 0 aliphatic rings. The van der Waals surface area contributed by atoms with Gasteiger partial charge >= 0.3 is 0 Å². The molecule has 0 N–H and O–H groups in total. The number of aryl methyl sites for hydroxylation is 2. The predicted molar refractivity (Wildman–Crippen MR) is 67.0 cm³/mol. The van der Waals surface area contributed by atoms with Crippen LogP contribution in [0.25, 0.3) is 11.0 Å². The molecule has 16 heavy (non-hydrogen) atoms. The van der Waals surface area contributed by atoms with Crippen molar-refractivity contribution in [2.24, 2.45) is 7.05 Å². The van der Waals surface area contributed by atoms with E-state index in [1.54, 1.807) is 4.68 Å². The lowest BCUT2D eigenvalue weighted by Gasteiger charge is -2.11. The maximum atomic E-state index is 6.44. The van der Waals surface area contributed by atoms with Gasteiger partial charge in [-0.2, -0.15) is 5.10 Å². The molecule has 3 nitrogen and oxygen atoms in total. The van der Waals surface area contributed by atoms with E-state index in [0.717, 1.165) is 33.7 Å². The smallest absolute Gasteiger partial charge is 0.159 e. The molecule has 0 aliphatic heterocycles. The van der Waals surface area contributed by atoms with Gasteiger partial charge in [-0.1, -0.05) is 25.4 Å². The molecule has 2 heterocycles. The SMILES string of the molecule is CCC(C)c1cnc2c(c(C)nn2C)c1Cl. The van der Waals surface area contributed by atoms with Gasteiger partial charge in [-0.3, -0.25) is 4.68 Å². The molecule has 0 saturated heterocycles. The number of rotatable bonds is 2. The number of fused-ring (bicyclic) bond motifs is 1. The summed E-state index contributed by atoms with van der Waals surface area (Å²) in [6, 6.07) is 0. The van der Waals surface area contributed by atoms with E-state index in [1.807, 2.05) is 20.2 Å². The van der Waals surface area contributed by atoms with Gasteiger partial charge in [0, 0.05) is 13.2 Å². The topological polar surface area (TPSA) is 30.7 Å². The molecule has 1 unspecified atom stereocenters. The molecule has 1 atom stereocenters. The molecule has 0 bridgehead atoms. The van der Waals surface area contributed by atoms with Crippen LogP contribution in [0.15, 0.2) is 6.20 Å². The van der Waals surface area contributed by atoms with Gasteiger partial charge in [0.1, 0.15) is 0 Å². The van der Waals surface area contributed by atoms with Crippen LogP contribution in [0.2, 0.25) is 5.02 Å². The highest BCUT2D eigenvalue weighted by Gasteiger charge is 2.16. The minimum absolute atomic E-state index is 0.434. The molecule has 0 spiro atoms. The van der Waals surface area contributed by atoms with Crippen LogP contribution < -0.4 is 0 Å². The van der Waals surface area contributed by atoms with Gasteiger partial charge in [0.05, 0.1) is 16.1 Å². The molecule has 0 aliphatic carbocycles. The molecular weight excluding hydrogens is 222 g/mol. The number of hydrogen-bond donors (Lipinski definition) is 0. The van der Waals surface area contributed by atoms with E-state index < -0.39 is 0 Å². The summed E-state index contributed by atoms with van der Waals surface area (Å²) in [7, 11) is 1.89. The van der Waals surface area contributed by atoms with Crippen LogP contribution in [-0.4, -0.2) is 14.8 Å². The second-order valence-corrected chi connectivity index (χ2v) is 4.62. The summed E-state index contributed by atoms with van der Waals surface area (Å²) >= 11 is 6.44. The minimum Gasteiger partial charge on any atom is -0.250 e. The second kappa shape index (κ2) is 4.06. The van der Waals surface area contributed by atoms with Crippen molar-refractivity contribution in [1.29, 1.82) is 0 Å². The van der Waals surface area contributed by atoms with Crippen LogP contribution in [0.1, 0.15) is 37.4 Å². The molecule has 0 saturated carbocycles. The highest BCUT2D eigenvalue weighted by molar-refractivity contribution is 6.36. The molecule has 0 fully saturated rings. The third-order valence-corrected chi connectivity index (χ3v) is 3.54. The van der Waals surface area contributed by atoms with Gasteiger partial charge in [0.15, 0.2) is 5.65 Å². The first-order valence-corrected chi connectivity index (χ1v) is 5.91. The minimum atomic E-state index is 0.434. The Hall–Kier alpha value is -1.09. The van der Waals surface area contributed by atoms with E-state index in [-0.39, 0.29) is 0 Å². The van der Waals surface area contributed by atoms with E-state index in [9.17, 15) is 0 Å². The van der Waals surface area contributed by atoms with Crippen LogP contribution in [-0.2, 0) is 7.05 Å². The number of aromatic nitrogens is 3. The zero-order valence-corrected chi connectivity index (χ0v) is 10.8. The molecular formula is C12H16ClN3. The largest absolute Gasteiger partial charge is 0.250 e. The first-order valence-electron chi connectivity index (χ1n) is 5.54. The number of halogens is 1. The predicted octanol–water partition coefficient (Wildman–Crippen LogP) is 3.44. The lowest BCUT2D eigenvalue weighted by molar-refractivity contribution is 0.730. The van der Waals surface area contributed by atoms with Crippen LogP contribution in [0.5, 0.6) is 0 Å². The first kappa shape index (κ1) is 11.4. The average molecular weight is 238 g/mol. The quantitative estimate of drug-likeness (QED) is 0.801. The van der Waals surface area contributed by atoms with Gasteiger partial charge in [-0.05, 0) is 24.8 Å². The average Bonchev–Trinajstić information content (AvgIpc) is 2.54. The summed E-state index contributed by atoms with van der Waals surface area (Å²) in [6.07, 6.45) is 2.94. The molecule has 2 aromatic heterocycles. The Bertz CT molecular complexity index is 531. The van der Waals surface area contributed by atoms with Crippen molar-refractivity contribution in [1.82, 2.24) is 14.8 Å². The van der Waals surface area contributed by atoms with Gasteiger partial charge < -0.3 is 0 Å². The Balaban J connectivity index is 2.74. The summed E-state index contributed by atoms with van der Waals surface area (Å²) < 4.78 is 1.77. The molecule has 4 heteroatoms. The summed E-state index contributed by atoms with van der Waals surface area (Å²) in [5, 5.41) is 6.15. The fraction of sp³-hybridized carbons (Fsp3) is 0.500. The molecule has 0 radical (unpaired) electrons. The lowest BCUT2D eigenvalue weighted by atomic mass is 9.99. The van der Waals surface area contributed by atoms with Gasteiger partial charge in [-0.15, -0.1) is 0 Å². The highest BCUT2D eigenvalue weighted by atomic mass is 35.5. The summed E-state index contributed by atoms with van der Waals surface area (Å²) in [6.45, 7) is 6.29.